The summed E-state index contributed by atoms with van der Waals surface area (Å²) in [6, 6.07) is 0. The Morgan fingerprint density at radius 3 is 2.68 bits per heavy atom. The second-order valence-electron chi connectivity index (χ2n) is 4.02. The number of nitrogens with two attached hydrogens (primary N) is 1. The lowest BCUT2D eigenvalue weighted by Crippen LogP contribution is -2.10. The summed E-state index contributed by atoms with van der Waals surface area (Å²) in [5.74, 6) is -0.244. The molecule has 0 unspecified atom stereocenters. The van der Waals surface area contributed by atoms with Gasteiger partial charge in [0.05, 0.1) is 9.93 Å². The standard InChI is InChI=1S/C10H9F3N6O2S/c11-10(12,13)6-4-22-7(17-6)1-2-15-9-16-3-5(19(20)21)8(14)18-9/h3-4H,1-2H2,(H3,14,15,16,18). The Kier molecular flexibility index (Phi) is 4.40. The first-order chi connectivity index (χ1) is 10.3. The quantitative estimate of drug-likeness (QED) is 0.634. The van der Waals surface area contributed by atoms with E-state index in [4.69, 9.17) is 5.73 Å². The van der Waals surface area contributed by atoms with E-state index in [0.29, 0.717) is 5.01 Å². The van der Waals surface area contributed by atoms with E-state index in [-0.39, 0.29) is 24.7 Å². The number of alkyl halides is 3. The summed E-state index contributed by atoms with van der Waals surface area (Å²) in [7, 11) is 0. The maximum Gasteiger partial charge on any atom is 0.434 e. The van der Waals surface area contributed by atoms with Crippen molar-refractivity contribution in [3.05, 3.63) is 32.4 Å². The van der Waals surface area contributed by atoms with Crippen LogP contribution in [0.4, 0.5) is 30.6 Å². The molecule has 2 rings (SSSR count). The van der Waals surface area contributed by atoms with Crippen molar-refractivity contribution < 1.29 is 18.1 Å². The summed E-state index contributed by atoms with van der Waals surface area (Å²) in [4.78, 5) is 20.7. The average molecular weight is 334 g/mol. The van der Waals surface area contributed by atoms with E-state index < -0.39 is 22.5 Å². The fourth-order valence-electron chi connectivity index (χ4n) is 1.45. The molecule has 0 saturated heterocycles. The van der Waals surface area contributed by atoms with Gasteiger partial charge in [-0.3, -0.25) is 10.1 Å². The summed E-state index contributed by atoms with van der Waals surface area (Å²) in [5.41, 5.74) is 4.04. The normalized spacial score (nSPS) is 11.4. The van der Waals surface area contributed by atoms with Crippen molar-refractivity contribution in [2.75, 3.05) is 17.6 Å². The highest BCUT2D eigenvalue weighted by molar-refractivity contribution is 7.09. The number of nitrogens with one attached hydrogen (secondary N) is 1. The Labute approximate surface area is 125 Å². The van der Waals surface area contributed by atoms with Gasteiger partial charge in [0, 0.05) is 18.3 Å². The zero-order valence-corrected chi connectivity index (χ0v) is 11.6. The van der Waals surface area contributed by atoms with Gasteiger partial charge in [0.15, 0.2) is 5.69 Å². The van der Waals surface area contributed by atoms with Crippen LogP contribution in [0, 0.1) is 10.1 Å². The molecule has 0 spiro atoms. The van der Waals surface area contributed by atoms with Gasteiger partial charge in [-0.2, -0.15) is 18.2 Å². The Morgan fingerprint density at radius 1 is 1.41 bits per heavy atom. The SMILES string of the molecule is Nc1nc(NCCc2nc(C(F)(F)F)cs2)ncc1[N+](=O)[O-]. The zero-order valence-electron chi connectivity index (χ0n) is 10.8. The van der Waals surface area contributed by atoms with E-state index in [1.54, 1.807) is 0 Å². The molecule has 8 nitrogen and oxygen atoms in total. The lowest BCUT2D eigenvalue weighted by atomic mass is 10.4. The van der Waals surface area contributed by atoms with Gasteiger partial charge in [-0.15, -0.1) is 11.3 Å². The van der Waals surface area contributed by atoms with Gasteiger partial charge < -0.3 is 11.1 Å². The molecule has 0 bridgehead atoms. The lowest BCUT2D eigenvalue weighted by Gasteiger charge is -2.04. The molecule has 2 heterocycles. The summed E-state index contributed by atoms with van der Waals surface area (Å²) in [5, 5.41) is 14.5. The van der Waals surface area contributed by atoms with Crippen LogP contribution in [0.25, 0.3) is 0 Å². The summed E-state index contributed by atoms with van der Waals surface area (Å²) >= 11 is 0.895. The van der Waals surface area contributed by atoms with Crippen LogP contribution >= 0.6 is 11.3 Å². The number of anilines is 2. The third kappa shape index (κ3) is 3.78. The fraction of sp³-hybridized carbons (Fsp3) is 0.300. The first-order valence-electron chi connectivity index (χ1n) is 5.79. The van der Waals surface area contributed by atoms with Gasteiger partial charge in [-0.05, 0) is 0 Å². The highest BCUT2D eigenvalue weighted by Gasteiger charge is 2.33. The maximum absolute atomic E-state index is 12.4. The lowest BCUT2D eigenvalue weighted by molar-refractivity contribution is -0.384. The van der Waals surface area contributed by atoms with Crippen LogP contribution in [0.1, 0.15) is 10.7 Å². The van der Waals surface area contributed by atoms with Crippen LogP contribution < -0.4 is 11.1 Å². The number of nitro groups is 1. The molecule has 0 aliphatic rings. The Hall–Kier alpha value is -2.50. The smallest absolute Gasteiger partial charge is 0.378 e. The number of hydrogen-bond acceptors (Lipinski definition) is 8. The van der Waals surface area contributed by atoms with E-state index in [2.05, 4.69) is 20.3 Å². The Balaban J connectivity index is 1.93. The molecule has 0 radical (unpaired) electrons. The molecule has 118 valence electrons. The minimum atomic E-state index is -4.46. The van der Waals surface area contributed by atoms with E-state index in [0.717, 1.165) is 22.9 Å². The second-order valence-corrected chi connectivity index (χ2v) is 4.96. The minimum Gasteiger partial charge on any atom is -0.378 e. The molecule has 0 aromatic carbocycles. The first-order valence-corrected chi connectivity index (χ1v) is 6.67. The monoisotopic (exact) mass is 334 g/mol. The average Bonchev–Trinajstić information content (AvgIpc) is 2.87. The molecule has 0 aliphatic heterocycles. The van der Waals surface area contributed by atoms with E-state index in [1.165, 1.54) is 0 Å². The van der Waals surface area contributed by atoms with Crippen LogP contribution in [0.15, 0.2) is 11.6 Å². The number of nitrogen functional groups attached to an aromatic ring is 1. The predicted molar refractivity (Wildman–Crippen MR) is 72.4 cm³/mol. The molecule has 0 fully saturated rings. The number of rotatable bonds is 5. The second kappa shape index (κ2) is 6.09. The van der Waals surface area contributed by atoms with Gasteiger partial charge in [-0.1, -0.05) is 0 Å². The molecule has 3 N–H and O–H groups in total. The summed E-state index contributed by atoms with van der Waals surface area (Å²) in [6.45, 7) is 0.210. The van der Waals surface area contributed by atoms with Gasteiger partial charge >= 0.3 is 11.9 Å². The molecule has 0 amide bonds. The molecule has 0 saturated carbocycles. The molecule has 0 atom stereocenters. The third-order valence-corrected chi connectivity index (χ3v) is 3.37. The zero-order chi connectivity index (χ0) is 16.3. The molecule has 12 heteroatoms. The number of thiazole rings is 1. The molecule has 22 heavy (non-hydrogen) atoms. The van der Waals surface area contributed by atoms with Gasteiger partial charge in [0.2, 0.25) is 11.8 Å². The number of aromatic nitrogens is 3. The van der Waals surface area contributed by atoms with Crippen molar-refractivity contribution in [3.63, 3.8) is 0 Å². The highest BCUT2D eigenvalue weighted by Crippen LogP contribution is 2.30. The molecular formula is C10H9F3N6O2S. The minimum absolute atomic E-state index is 0.0516. The van der Waals surface area contributed by atoms with E-state index >= 15 is 0 Å². The van der Waals surface area contributed by atoms with Crippen molar-refractivity contribution in [2.24, 2.45) is 0 Å². The largest absolute Gasteiger partial charge is 0.434 e. The van der Waals surface area contributed by atoms with Crippen LogP contribution in [0.2, 0.25) is 0 Å². The summed E-state index contributed by atoms with van der Waals surface area (Å²) < 4.78 is 37.1. The van der Waals surface area contributed by atoms with Gasteiger partial charge in [0.1, 0.15) is 6.20 Å². The van der Waals surface area contributed by atoms with Crippen molar-refractivity contribution in [1.82, 2.24) is 15.0 Å². The maximum atomic E-state index is 12.4. The topological polar surface area (TPSA) is 120 Å². The number of hydrogen-bond donors (Lipinski definition) is 2. The molecule has 2 aromatic rings. The van der Waals surface area contributed by atoms with Crippen molar-refractivity contribution in [3.8, 4) is 0 Å². The van der Waals surface area contributed by atoms with E-state index in [1.807, 2.05) is 0 Å². The van der Waals surface area contributed by atoms with Crippen molar-refractivity contribution >= 4 is 28.8 Å². The van der Waals surface area contributed by atoms with Crippen molar-refractivity contribution in [1.29, 1.82) is 0 Å². The summed E-state index contributed by atoms with van der Waals surface area (Å²) in [6.07, 6.45) is -3.28. The molecule has 0 aliphatic carbocycles. The third-order valence-electron chi connectivity index (χ3n) is 2.46. The van der Waals surface area contributed by atoms with Crippen molar-refractivity contribution in [2.45, 2.75) is 12.6 Å². The van der Waals surface area contributed by atoms with E-state index in [9.17, 15) is 23.3 Å². The van der Waals surface area contributed by atoms with Gasteiger partial charge in [0.25, 0.3) is 0 Å². The molecule has 2 aromatic heterocycles. The fourth-order valence-corrected chi connectivity index (χ4v) is 2.26. The number of nitrogens with zero attached hydrogens (tertiary/aromatic N) is 4. The highest BCUT2D eigenvalue weighted by atomic mass is 32.1. The van der Waals surface area contributed by atoms with Gasteiger partial charge in [-0.25, -0.2) is 9.97 Å². The Morgan fingerprint density at radius 2 is 2.14 bits per heavy atom. The predicted octanol–water partition coefficient (Wildman–Crippen LogP) is 2.10. The van der Waals surface area contributed by atoms with Crippen LogP contribution in [-0.2, 0) is 12.6 Å². The van der Waals surface area contributed by atoms with Crippen LogP contribution in [0.3, 0.4) is 0 Å². The Bertz CT molecular complexity index is 690. The van der Waals surface area contributed by atoms with Crippen LogP contribution in [-0.4, -0.2) is 26.4 Å². The first kappa shape index (κ1) is 15.9. The number of halogens is 3. The van der Waals surface area contributed by atoms with Crippen LogP contribution in [0.5, 0.6) is 0 Å². The molecular weight excluding hydrogens is 325 g/mol.